The molecule has 0 nitrogen and oxygen atoms in total. The van der Waals surface area contributed by atoms with Crippen molar-refractivity contribution in [2.24, 2.45) is 5.92 Å². The monoisotopic (exact) mass is 226 g/mol. The Morgan fingerprint density at radius 1 is 1.50 bits per heavy atom. The molecular formula is C7H15I. The normalized spacial score (nSPS) is 13.9. The van der Waals surface area contributed by atoms with Crippen LogP contribution in [0.2, 0.25) is 0 Å². The number of hydrogen-bond acceptors (Lipinski definition) is 0. The van der Waals surface area contributed by atoms with Gasteiger partial charge in [-0.3, -0.25) is 0 Å². The molecule has 0 fully saturated rings. The topological polar surface area (TPSA) is 0 Å². The molecule has 0 spiro atoms. The van der Waals surface area contributed by atoms with Crippen molar-refractivity contribution in [1.82, 2.24) is 0 Å². The summed E-state index contributed by atoms with van der Waals surface area (Å²) in [7, 11) is 0. The summed E-state index contributed by atoms with van der Waals surface area (Å²) in [5.41, 5.74) is 0. The van der Waals surface area contributed by atoms with Gasteiger partial charge in [0, 0.05) is 0 Å². The Labute approximate surface area is 66.2 Å². The van der Waals surface area contributed by atoms with Gasteiger partial charge in [0.1, 0.15) is 0 Å². The molecule has 0 saturated carbocycles. The van der Waals surface area contributed by atoms with Crippen molar-refractivity contribution in [3.05, 3.63) is 0 Å². The SMILES string of the molecule is CCC(C)CCCI. The van der Waals surface area contributed by atoms with Gasteiger partial charge in [-0.05, 0) is 23.2 Å². The second-order valence-corrected chi connectivity index (χ2v) is 3.42. The fourth-order valence-electron chi connectivity index (χ4n) is 0.630. The molecule has 0 aliphatic rings. The summed E-state index contributed by atoms with van der Waals surface area (Å²) in [4.78, 5) is 0. The van der Waals surface area contributed by atoms with Crippen LogP contribution >= 0.6 is 22.6 Å². The molecular weight excluding hydrogens is 211 g/mol. The van der Waals surface area contributed by atoms with Crippen LogP contribution in [0.5, 0.6) is 0 Å². The molecule has 0 radical (unpaired) electrons. The third-order valence-electron chi connectivity index (χ3n) is 1.53. The fourth-order valence-corrected chi connectivity index (χ4v) is 1.07. The first-order valence-electron chi connectivity index (χ1n) is 3.37. The van der Waals surface area contributed by atoms with E-state index >= 15 is 0 Å². The third kappa shape index (κ3) is 4.88. The molecule has 0 aliphatic carbocycles. The lowest BCUT2D eigenvalue weighted by atomic mass is 10.0. The third-order valence-corrected chi connectivity index (χ3v) is 2.29. The Bertz CT molecular complexity index is 43.7. The lowest BCUT2D eigenvalue weighted by Gasteiger charge is -2.04. The van der Waals surface area contributed by atoms with E-state index in [-0.39, 0.29) is 0 Å². The fraction of sp³-hybridized carbons (Fsp3) is 1.00. The first kappa shape index (κ1) is 8.73. The molecule has 0 aromatic heterocycles. The van der Waals surface area contributed by atoms with Crippen LogP contribution in [-0.2, 0) is 0 Å². The van der Waals surface area contributed by atoms with Crippen molar-refractivity contribution in [2.75, 3.05) is 4.43 Å². The summed E-state index contributed by atoms with van der Waals surface area (Å²) in [6.45, 7) is 4.59. The van der Waals surface area contributed by atoms with Gasteiger partial charge < -0.3 is 0 Å². The van der Waals surface area contributed by atoms with E-state index in [1.165, 1.54) is 23.7 Å². The summed E-state index contributed by atoms with van der Waals surface area (Å²) < 4.78 is 1.32. The van der Waals surface area contributed by atoms with E-state index < -0.39 is 0 Å². The maximum atomic E-state index is 2.44. The average molecular weight is 226 g/mol. The van der Waals surface area contributed by atoms with Crippen molar-refractivity contribution in [1.29, 1.82) is 0 Å². The van der Waals surface area contributed by atoms with Gasteiger partial charge in [-0.1, -0.05) is 42.9 Å². The van der Waals surface area contributed by atoms with Crippen LogP contribution in [0.3, 0.4) is 0 Å². The van der Waals surface area contributed by atoms with E-state index in [9.17, 15) is 0 Å². The van der Waals surface area contributed by atoms with Gasteiger partial charge in [-0.2, -0.15) is 0 Å². The molecule has 0 heterocycles. The summed E-state index contributed by atoms with van der Waals surface area (Å²) >= 11 is 2.44. The van der Waals surface area contributed by atoms with Crippen molar-refractivity contribution in [3.63, 3.8) is 0 Å². The largest absolute Gasteiger partial charge is 0.0864 e. The summed E-state index contributed by atoms with van der Waals surface area (Å²) in [5, 5.41) is 0. The molecule has 0 amide bonds. The minimum Gasteiger partial charge on any atom is -0.0864 e. The quantitative estimate of drug-likeness (QED) is 0.509. The summed E-state index contributed by atoms with van der Waals surface area (Å²) in [6.07, 6.45) is 4.16. The Balaban J connectivity index is 2.86. The Morgan fingerprint density at radius 2 is 2.12 bits per heavy atom. The zero-order chi connectivity index (χ0) is 6.41. The highest BCUT2D eigenvalue weighted by atomic mass is 127. The Hall–Kier alpha value is 0.730. The molecule has 1 unspecified atom stereocenters. The number of halogens is 1. The highest BCUT2D eigenvalue weighted by Gasteiger charge is 1.95. The van der Waals surface area contributed by atoms with Crippen molar-refractivity contribution < 1.29 is 0 Å². The van der Waals surface area contributed by atoms with Gasteiger partial charge in [-0.15, -0.1) is 0 Å². The zero-order valence-corrected chi connectivity index (χ0v) is 7.94. The van der Waals surface area contributed by atoms with Crippen LogP contribution in [0.1, 0.15) is 33.1 Å². The molecule has 50 valence electrons. The smallest absolute Gasteiger partial charge is 0.000463 e. The van der Waals surface area contributed by atoms with Crippen LogP contribution < -0.4 is 0 Å². The van der Waals surface area contributed by atoms with Gasteiger partial charge >= 0.3 is 0 Å². The van der Waals surface area contributed by atoms with E-state index in [0.29, 0.717) is 0 Å². The van der Waals surface area contributed by atoms with Gasteiger partial charge in [-0.25, -0.2) is 0 Å². The van der Waals surface area contributed by atoms with Crippen LogP contribution in [-0.4, -0.2) is 4.43 Å². The first-order valence-corrected chi connectivity index (χ1v) is 4.89. The van der Waals surface area contributed by atoms with Gasteiger partial charge in [0.15, 0.2) is 0 Å². The van der Waals surface area contributed by atoms with Crippen molar-refractivity contribution in [3.8, 4) is 0 Å². The first-order chi connectivity index (χ1) is 3.81. The van der Waals surface area contributed by atoms with Crippen LogP contribution in [0.25, 0.3) is 0 Å². The average Bonchev–Trinajstić information content (AvgIpc) is 1.83. The predicted octanol–water partition coefficient (Wildman–Crippen LogP) is 3.25. The maximum absolute atomic E-state index is 2.44. The molecule has 0 saturated heterocycles. The molecule has 0 aromatic carbocycles. The van der Waals surface area contributed by atoms with Crippen LogP contribution in [0, 0.1) is 5.92 Å². The van der Waals surface area contributed by atoms with E-state index in [1.807, 2.05) is 0 Å². The van der Waals surface area contributed by atoms with E-state index in [4.69, 9.17) is 0 Å². The highest BCUT2D eigenvalue weighted by Crippen LogP contribution is 2.09. The van der Waals surface area contributed by atoms with Crippen LogP contribution in [0.4, 0.5) is 0 Å². The molecule has 0 rings (SSSR count). The lowest BCUT2D eigenvalue weighted by Crippen LogP contribution is -1.91. The maximum Gasteiger partial charge on any atom is -0.000463 e. The second-order valence-electron chi connectivity index (χ2n) is 2.34. The molecule has 0 aromatic rings. The van der Waals surface area contributed by atoms with Gasteiger partial charge in [0.25, 0.3) is 0 Å². The van der Waals surface area contributed by atoms with Crippen LogP contribution in [0.15, 0.2) is 0 Å². The minimum atomic E-state index is 0.949. The number of alkyl halides is 1. The lowest BCUT2D eigenvalue weighted by molar-refractivity contribution is 0.513. The summed E-state index contributed by atoms with van der Waals surface area (Å²) in [6, 6.07) is 0. The minimum absolute atomic E-state index is 0.949. The molecule has 8 heavy (non-hydrogen) atoms. The molecule has 0 bridgehead atoms. The highest BCUT2D eigenvalue weighted by molar-refractivity contribution is 14.1. The molecule has 0 aliphatic heterocycles. The Morgan fingerprint density at radius 3 is 2.50 bits per heavy atom. The zero-order valence-electron chi connectivity index (χ0n) is 5.78. The van der Waals surface area contributed by atoms with Crippen molar-refractivity contribution >= 4 is 22.6 Å². The Kier molecular flexibility index (Phi) is 6.39. The molecule has 1 heteroatoms. The second kappa shape index (κ2) is 5.86. The predicted molar refractivity (Wildman–Crippen MR) is 47.6 cm³/mol. The standard InChI is InChI=1S/C7H15I/c1-3-7(2)5-4-6-8/h7H,3-6H2,1-2H3. The molecule has 0 N–H and O–H groups in total. The van der Waals surface area contributed by atoms with Crippen molar-refractivity contribution in [2.45, 2.75) is 33.1 Å². The molecule has 1 atom stereocenters. The van der Waals surface area contributed by atoms with E-state index in [0.717, 1.165) is 5.92 Å². The summed E-state index contributed by atoms with van der Waals surface area (Å²) in [5.74, 6) is 0.949. The van der Waals surface area contributed by atoms with E-state index in [1.54, 1.807) is 0 Å². The van der Waals surface area contributed by atoms with Gasteiger partial charge in [0.2, 0.25) is 0 Å². The number of rotatable bonds is 4. The number of hydrogen-bond donors (Lipinski definition) is 0. The van der Waals surface area contributed by atoms with E-state index in [2.05, 4.69) is 36.4 Å². The van der Waals surface area contributed by atoms with Gasteiger partial charge in [0.05, 0.1) is 0 Å².